The van der Waals surface area contributed by atoms with Crippen LogP contribution in [0.5, 0.6) is 5.75 Å². The van der Waals surface area contributed by atoms with Crippen molar-refractivity contribution in [3.63, 3.8) is 0 Å². The van der Waals surface area contributed by atoms with Gasteiger partial charge >= 0.3 is 0 Å². The molecular weight excluding hydrogens is 218 g/mol. The van der Waals surface area contributed by atoms with Crippen LogP contribution in [0.15, 0.2) is 22.7 Å². The van der Waals surface area contributed by atoms with Crippen molar-refractivity contribution in [3.8, 4) is 5.75 Å². The highest BCUT2D eigenvalue weighted by atomic mass is 79.9. The maximum Gasteiger partial charge on any atom is 0.119 e. The lowest BCUT2D eigenvalue weighted by Crippen LogP contribution is -2.00. The molecule has 0 saturated heterocycles. The molecule has 2 rings (SSSR count). The number of aromatic hydroxyl groups is 1. The number of hydrogen-bond acceptors (Lipinski definition) is 2. The fraction of sp³-hybridized carbons (Fsp3) is 0.333. The summed E-state index contributed by atoms with van der Waals surface area (Å²) in [6.07, 6.45) is 0.990. The molecule has 0 aromatic heterocycles. The van der Waals surface area contributed by atoms with Gasteiger partial charge in [-0.2, -0.15) is 0 Å². The number of benzene rings is 1. The van der Waals surface area contributed by atoms with Gasteiger partial charge in [0.25, 0.3) is 0 Å². The molecule has 0 radical (unpaired) electrons. The standard InChI is InChI=1S/C9H10BrNO/c10-5-1-2-9(12)7(3-5)6-4-8(6)11/h1-3,6,8,12H,4,11H2. The first-order valence-corrected chi connectivity index (χ1v) is 4.72. The largest absolute Gasteiger partial charge is 0.508 e. The number of hydrogen-bond donors (Lipinski definition) is 2. The van der Waals surface area contributed by atoms with Crippen LogP contribution in [0, 0.1) is 0 Å². The fourth-order valence-corrected chi connectivity index (χ4v) is 1.77. The molecule has 2 atom stereocenters. The molecule has 0 aliphatic heterocycles. The molecule has 2 nitrogen and oxygen atoms in total. The first-order chi connectivity index (χ1) is 5.68. The molecule has 1 fully saturated rings. The fourth-order valence-electron chi connectivity index (χ4n) is 1.39. The zero-order valence-electron chi connectivity index (χ0n) is 6.50. The summed E-state index contributed by atoms with van der Waals surface area (Å²) in [5.41, 5.74) is 6.66. The normalized spacial score (nSPS) is 27.2. The molecule has 1 saturated carbocycles. The van der Waals surface area contributed by atoms with E-state index in [-0.39, 0.29) is 6.04 Å². The highest BCUT2D eigenvalue weighted by molar-refractivity contribution is 9.10. The number of rotatable bonds is 1. The summed E-state index contributed by atoms with van der Waals surface area (Å²) >= 11 is 3.36. The lowest BCUT2D eigenvalue weighted by molar-refractivity contribution is 0.468. The van der Waals surface area contributed by atoms with Crippen molar-refractivity contribution >= 4 is 15.9 Å². The quantitative estimate of drug-likeness (QED) is 0.771. The summed E-state index contributed by atoms with van der Waals surface area (Å²) in [5.74, 6) is 0.721. The summed E-state index contributed by atoms with van der Waals surface area (Å²) in [7, 11) is 0. The number of phenolic OH excluding ortho intramolecular Hbond substituents is 1. The molecule has 1 aliphatic carbocycles. The summed E-state index contributed by atoms with van der Waals surface area (Å²) in [6.45, 7) is 0. The molecule has 12 heavy (non-hydrogen) atoms. The molecular formula is C9H10BrNO. The van der Waals surface area contributed by atoms with Gasteiger partial charge in [-0.1, -0.05) is 15.9 Å². The summed E-state index contributed by atoms with van der Waals surface area (Å²) in [4.78, 5) is 0. The maximum atomic E-state index is 9.49. The average molecular weight is 228 g/mol. The van der Waals surface area contributed by atoms with Gasteiger partial charge in [-0.3, -0.25) is 0 Å². The van der Waals surface area contributed by atoms with Crippen molar-refractivity contribution in [2.45, 2.75) is 18.4 Å². The molecule has 1 aromatic carbocycles. The lowest BCUT2D eigenvalue weighted by atomic mass is 10.1. The minimum Gasteiger partial charge on any atom is -0.508 e. The summed E-state index contributed by atoms with van der Waals surface area (Å²) in [5, 5.41) is 9.49. The van der Waals surface area contributed by atoms with E-state index in [1.807, 2.05) is 12.1 Å². The molecule has 0 amide bonds. The van der Waals surface area contributed by atoms with Crippen LogP contribution in [0.1, 0.15) is 17.9 Å². The molecule has 3 N–H and O–H groups in total. The first-order valence-electron chi connectivity index (χ1n) is 3.92. The van der Waals surface area contributed by atoms with Crippen molar-refractivity contribution in [3.05, 3.63) is 28.2 Å². The Hall–Kier alpha value is -0.540. The van der Waals surface area contributed by atoms with Gasteiger partial charge in [-0.25, -0.2) is 0 Å². The molecule has 0 heterocycles. The van der Waals surface area contributed by atoms with Gasteiger partial charge in [-0.15, -0.1) is 0 Å². The number of halogens is 1. The van der Waals surface area contributed by atoms with Gasteiger partial charge in [0.15, 0.2) is 0 Å². The highest BCUT2D eigenvalue weighted by Crippen LogP contribution is 2.43. The van der Waals surface area contributed by atoms with Gasteiger partial charge in [0, 0.05) is 16.4 Å². The average Bonchev–Trinajstić information content (AvgIpc) is 2.73. The van der Waals surface area contributed by atoms with Crippen LogP contribution in [0.3, 0.4) is 0 Å². The minimum atomic E-state index is 0.241. The van der Waals surface area contributed by atoms with E-state index < -0.39 is 0 Å². The number of nitrogens with two attached hydrogens (primary N) is 1. The summed E-state index contributed by atoms with van der Waals surface area (Å²) < 4.78 is 0.995. The Morgan fingerprint density at radius 2 is 2.17 bits per heavy atom. The molecule has 2 unspecified atom stereocenters. The molecule has 0 spiro atoms. The van der Waals surface area contributed by atoms with Gasteiger partial charge in [0.1, 0.15) is 5.75 Å². The second kappa shape index (κ2) is 2.75. The van der Waals surface area contributed by atoms with Crippen LogP contribution in [-0.2, 0) is 0 Å². The maximum absolute atomic E-state index is 9.49. The van der Waals surface area contributed by atoms with Crippen LogP contribution in [0.25, 0.3) is 0 Å². The predicted octanol–water partition coefficient (Wildman–Crippen LogP) is 1.97. The van der Waals surface area contributed by atoms with Crippen LogP contribution in [0.4, 0.5) is 0 Å². The minimum absolute atomic E-state index is 0.241. The van der Waals surface area contributed by atoms with E-state index in [4.69, 9.17) is 5.73 Å². The summed E-state index contributed by atoms with van der Waals surface area (Å²) in [6, 6.07) is 5.70. The van der Waals surface area contributed by atoms with Crippen molar-refractivity contribution in [2.24, 2.45) is 5.73 Å². The van der Waals surface area contributed by atoms with Crippen LogP contribution < -0.4 is 5.73 Å². The molecule has 3 heteroatoms. The second-order valence-electron chi connectivity index (χ2n) is 3.21. The van der Waals surface area contributed by atoms with Crippen LogP contribution in [-0.4, -0.2) is 11.1 Å². The third kappa shape index (κ3) is 1.34. The van der Waals surface area contributed by atoms with Crippen LogP contribution in [0.2, 0.25) is 0 Å². The highest BCUT2D eigenvalue weighted by Gasteiger charge is 2.36. The topological polar surface area (TPSA) is 46.2 Å². The van der Waals surface area contributed by atoms with E-state index in [0.717, 1.165) is 16.5 Å². The SMILES string of the molecule is NC1CC1c1cc(Br)ccc1O. The molecule has 0 bridgehead atoms. The lowest BCUT2D eigenvalue weighted by Gasteiger charge is -2.02. The second-order valence-corrected chi connectivity index (χ2v) is 4.12. The van der Waals surface area contributed by atoms with Crippen LogP contribution >= 0.6 is 15.9 Å². The monoisotopic (exact) mass is 227 g/mol. The van der Waals surface area contributed by atoms with Crippen molar-refractivity contribution < 1.29 is 5.11 Å². The molecule has 1 aromatic rings. The third-order valence-electron chi connectivity index (χ3n) is 2.23. The van der Waals surface area contributed by atoms with Gasteiger partial charge in [-0.05, 0) is 30.2 Å². The third-order valence-corrected chi connectivity index (χ3v) is 2.72. The van der Waals surface area contributed by atoms with Gasteiger partial charge in [0.05, 0.1) is 0 Å². The van der Waals surface area contributed by atoms with E-state index in [2.05, 4.69) is 15.9 Å². The Bertz CT molecular complexity index is 313. The van der Waals surface area contributed by atoms with E-state index in [1.165, 1.54) is 0 Å². The Labute approximate surface area is 79.5 Å². The predicted molar refractivity (Wildman–Crippen MR) is 51.1 cm³/mol. The van der Waals surface area contributed by atoms with Crippen molar-refractivity contribution in [2.75, 3.05) is 0 Å². The Morgan fingerprint density at radius 3 is 2.75 bits per heavy atom. The molecule has 1 aliphatic rings. The van der Waals surface area contributed by atoms with E-state index in [0.29, 0.717) is 11.7 Å². The van der Waals surface area contributed by atoms with Gasteiger partial charge in [0.2, 0.25) is 0 Å². The van der Waals surface area contributed by atoms with E-state index in [1.54, 1.807) is 6.07 Å². The van der Waals surface area contributed by atoms with Crippen molar-refractivity contribution in [1.29, 1.82) is 0 Å². The number of phenols is 1. The molecule has 64 valence electrons. The Morgan fingerprint density at radius 1 is 1.50 bits per heavy atom. The van der Waals surface area contributed by atoms with E-state index in [9.17, 15) is 5.11 Å². The van der Waals surface area contributed by atoms with Gasteiger partial charge < -0.3 is 10.8 Å². The zero-order chi connectivity index (χ0) is 8.72. The smallest absolute Gasteiger partial charge is 0.119 e. The zero-order valence-corrected chi connectivity index (χ0v) is 8.08. The first kappa shape index (κ1) is 8.08. The van der Waals surface area contributed by atoms with Crippen molar-refractivity contribution in [1.82, 2.24) is 0 Å². The van der Waals surface area contributed by atoms with E-state index >= 15 is 0 Å². The Balaban J connectivity index is 2.36. The Kier molecular flexibility index (Phi) is 1.85.